The van der Waals surface area contributed by atoms with Crippen LogP contribution in [0, 0.1) is 20.6 Å². The van der Waals surface area contributed by atoms with Gasteiger partial charge in [0.2, 0.25) is 0 Å². The average molecular weight is 719 g/mol. The lowest BCUT2D eigenvalue weighted by Crippen LogP contribution is -2.54. The van der Waals surface area contributed by atoms with Gasteiger partial charge < -0.3 is 14.2 Å². The summed E-state index contributed by atoms with van der Waals surface area (Å²) >= 11 is 2.04. The van der Waals surface area contributed by atoms with Gasteiger partial charge in [0.05, 0.1) is 21.3 Å². The monoisotopic (exact) mass is 719 g/mol. The van der Waals surface area contributed by atoms with Crippen molar-refractivity contribution in [1.29, 1.82) is 0 Å². The lowest BCUT2D eigenvalue weighted by Gasteiger charge is -2.26. The number of amides is 4. The van der Waals surface area contributed by atoms with Crippen molar-refractivity contribution in [2.24, 2.45) is 0 Å². The number of methoxy groups -OCH3 is 1. The third-order valence-electron chi connectivity index (χ3n) is 6.82. The highest BCUT2D eigenvalue weighted by atomic mass is 127. The van der Waals surface area contributed by atoms with Gasteiger partial charge in [-0.15, -0.1) is 0 Å². The number of imide groups is 2. The van der Waals surface area contributed by atoms with E-state index in [1.54, 1.807) is 48.5 Å². The standard InChI is InChI=1S/C33H26IN3O8/c1-20-3-5-21(6-4-20)18-44-26-13-11-24(12-14-26)36-32(39)27(31(38)35-33(36)40)15-23-16-28(34)30(29(17-23)43-2)45-19-22-7-9-25(10-8-22)37(41)42/h3-17H,18-19H2,1-2H3,(H,35,38,40)/b27-15+. The predicted molar refractivity (Wildman–Crippen MR) is 174 cm³/mol. The summed E-state index contributed by atoms with van der Waals surface area (Å²) < 4.78 is 17.9. The first kappa shape index (κ1) is 31.2. The van der Waals surface area contributed by atoms with Crippen LogP contribution in [0.5, 0.6) is 17.2 Å². The highest BCUT2D eigenvalue weighted by Crippen LogP contribution is 2.36. The molecule has 0 radical (unpaired) electrons. The Bertz CT molecular complexity index is 1800. The highest BCUT2D eigenvalue weighted by Gasteiger charge is 2.37. The number of urea groups is 1. The molecule has 1 saturated heterocycles. The van der Waals surface area contributed by atoms with E-state index in [0.717, 1.165) is 16.0 Å². The van der Waals surface area contributed by atoms with Crippen LogP contribution in [0.2, 0.25) is 0 Å². The Morgan fingerprint density at radius 2 is 1.51 bits per heavy atom. The van der Waals surface area contributed by atoms with Gasteiger partial charge in [-0.1, -0.05) is 29.8 Å². The minimum atomic E-state index is -0.863. The van der Waals surface area contributed by atoms with Crippen molar-refractivity contribution in [3.8, 4) is 17.2 Å². The van der Waals surface area contributed by atoms with Crippen LogP contribution in [0.4, 0.5) is 16.2 Å². The van der Waals surface area contributed by atoms with Crippen LogP contribution >= 0.6 is 22.6 Å². The van der Waals surface area contributed by atoms with Crippen molar-refractivity contribution in [1.82, 2.24) is 5.32 Å². The van der Waals surface area contributed by atoms with Crippen LogP contribution < -0.4 is 24.4 Å². The smallest absolute Gasteiger partial charge is 0.335 e. The predicted octanol–water partition coefficient (Wildman–Crippen LogP) is 6.34. The molecule has 1 fully saturated rings. The number of carbonyl (C=O) groups is 3. The lowest BCUT2D eigenvalue weighted by atomic mass is 10.1. The van der Waals surface area contributed by atoms with Crippen molar-refractivity contribution in [2.45, 2.75) is 20.1 Å². The first-order valence-corrected chi connectivity index (χ1v) is 14.6. The number of hydrogen-bond acceptors (Lipinski definition) is 8. The topological polar surface area (TPSA) is 137 Å². The molecule has 0 bridgehead atoms. The number of aryl methyl sites for hydroxylation is 1. The van der Waals surface area contributed by atoms with E-state index in [-0.39, 0.29) is 23.6 Å². The van der Waals surface area contributed by atoms with E-state index in [1.807, 2.05) is 53.8 Å². The van der Waals surface area contributed by atoms with Crippen molar-refractivity contribution >= 4 is 57.9 Å². The number of nitrogens with zero attached hydrogens (tertiary/aromatic N) is 2. The van der Waals surface area contributed by atoms with Crippen molar-refractivity contribution in [2.75, 3.05) is 12.0 Å². The Hall–Kier alpha value is -5.24. The van der Waals surface area contributed by atoms with E-state index >= 15 is 0 Å². The Kier molecular flexibility index (Phi) is 9.42. The minimum absolute atomic E-state index is 0.0234. The summed E-state index contributed by atoms with van der Waals surface area (Å²) in [7, 11) is 1.45. The molecule has 0 unspecified atom stereocenters. The van der Waals surface area contributed by atoms with Crippen LogP contribution in [0.1, 0.15) is 22.3 Å². The number of carbonyl (C=O) groups excluding carboxylic acids is 3. The Balaban J connectivity index is 1.32. The Labute approximate surface area is 271 Å². The highest BCUT2D eigenvalue weighted by molar-refractivity contribution is 14.1. The molecule has 4 amide bonds. The van der Waals surface area contributed by atoms with Gasteiger partial charge in [-0.3, -0.25) is 25.0 Å². The Morgan fingerprint density at radius 1 is 0.889 bits per heavy atom. The zero-order valence-electron chi connectivity index (χ0n) is 24.1. The molecular formula is C33H26IN3O8. The molecule has 0 spiro atoms. The molecule has 1 aliphatic rings. The summed E-state index contributed by atoms with van der Waals surface area (Å²) in [4.78, 5) is 50.2. The maximum absolute atomic E-state index is 13.5. The molecule has 12 heteroatoms. The number of rotatable bonds is 10. The maximum Gasteiger partial charge on any atom is 0.335 e. The number of non-ortho nitro benzene ring substituents is 1. The summed E-state index contributed by atoms with van der Waals surface area (Å²) in [6, 6.07) is 22.8. The first-order chi connectivity index (χ1) is 21.6. The second-order valence-electron chi connectivity index (χ2n) is 9.97. The summed E-state index contributed by atoms with van der Waals surface area (Å²) in [5.41, 5.74) is 3.32. The molecule has 45 heavy (non-hydrogen) atoms. The summed E-state index contributed by atoms with van der Waals surface area (Å²) in [6.07, 6.45) is 1.38. The molecule has 0 aliphatic carbocycles. The maximum atomic E-state index is 13.5. The second kappa shape index (κ2) is 13.6. The number of benzene rings is 4. The number of nitro groups is 1. The fraction of sp³-hybridized carbons (Fsp3) is 0.121. The second-order valence-corrected chi connectivity index (χ2v) is 11.1. The van der Waals surface area contributed by atoms with Crippen LogP contribution in [0.25, 0.3) is 6.08 Å². The number of barbiturate groups is 1. The summed E-state index contributed by atoms with van der Waals surface area (Å²) in [6.45, 7) is 2.48. The van der Waals surface area contributed by atoms with Crippen LogP contribution in [0.3, 0.4) is 0 Å². The Morgan fingerprint density at radius 3 is 2.13 bits per heavy atom. The molecule has 1 N–H and O–H groups in total. The number of nitrogens with one attached hydrogen (secondary N) is 1. The molecule has 1 aliphatic heterocycles. The van der Waals surface area contributed by atoms with Crippen molar-refractivity contribution in [3.63, 3.8) is 0 Å². The van der Waals surface area contributed by atoms with Gasteiger partial charge >= 0.3 is 6.03 Å². The number of hydrogen-bond donors (Lipinski definition) is 1. The minimum Gasteiger partial charge on any atom is -0.493 e. The molecule has 0 aromatic heterocycles. The molecule has 4 aromatic carbocycles. The zero-order chi connectivity index (χ0) is 32.1. The van der Waals surface area contributed by atoms with Gasteiger partial charge in [-0.05, 0) is 101 Å². The first-order valence-electron chi connectivity index (χ1n) is 13.6. The van der Waals surface area contributed by atoms with E-state index in [4.69, 9.17) is 14.2 Å². The normalized spacial score (nSPS) is 13.9. The zero-order valence-corrected chi connectivity index (χ0v) is 26.3. The van der Waals surface area contributed by atoms with Gasteiger partial charge in [-0.2, -0.15) is 0 Å². The quantitative estimate of drug-likeness (QED) is 0.0660. The van der Waals surface area contributed by atoms with Gasteiger partial charge in [0, 0.05) is 12.1 Å². The molecule has 11 nitrogen and oxygen atoms in total. The number of ether oxygens (including phenoxy) is 3. The van der Waals surface area contributed by atoms with Gasteiger partial charge in [0.1, 0.15) is 24.5 Å². The van der Waals surface area contributed by atoms with E-state index in [1.165, 1.54) is 25.3 Å². The van der Waals surface area contributed by atoms with E-state index in [0.29, 0.717) is 38.6 Å². The van der Waals surface area contributed by atoms with E-state index in [9.17, 15) is 24.5 Å². The fourth-order valence-electron chi connectivity index (χ4n) is 4.43. The van der Waals surface area contributed by atoms with E-state index in [2.05, 4.69) is 5.32 Å². The molecule has 5 rings (SSSR count). The van der Waals surface area contributed by atoms with Gasteiger partial charge in [-0.25, -0.2) is 9.69 Å². The lowest BCUT2D eigenvalue weighted by molar-refractivity contribution is -0.384. The number of halogens is 1. The summed E-state index contributed by atoms with van der Waals surface area (Å²) in [5, 5.41) is 13.1. The van der Waals surface area contributed by atoms with Crippen molar-refractivity contribution < 1.29 is 33.5 Å². The van der Waals surface area contributed by atoms with Gasteiger partial charge in [0.25, 0.3) is 17.5 Å². The third-order valence-corrected chi connectivity index (χ3v) is 7.62. The molecule has 4 aromatic rings. The molecule has 228 valence electrons. The van der Waals surface area contributed by atoms with Crippen LogP contribution in [-0.2, 0) is 22.8 Å². The van der Waals surface area contributed by atoms with Gasteiger partial charge in [0.15, 0.2) is 11.5 Å². The molecule has 1 heterocycles. The summed E-state index contributed by atoms with van der Waals surface area (Å²) in [5.74, 6) is -0.307. The van der Waals surface area contributed by atoms with Crippen LogP contribution in [-0.4, -0.2) is 29.9 Å². The molecule has 0 atom stereocenters. The SMILES string of the molecule is COc1cc(/C=C2\C(=O)NC(=O)N(c3ccc(OCc4ccc(C)cc4)cc3)C2=O)cc(I)c1OCc1ccc([N+](=O)[O-])cc1. The van der Waals surface area contributed by atoms with E-state index < -0.39 is 22.8 Å². The molecule has 0 saturated carbocycles. The number of anilines is 1. The largest absolute Gasteiger partial charge is 0.493 e. The fourth-order valence-corrected chi connectivity index (χ4v) is 5.21. The molecular weight excluding hydrogens is 693 g/mol. The van der Waals surface area contributed by atoms with Crippen LogP contribution in [0.15, 0.2) is 90.5 Å². The van der Waals surface area contributed by atoms with Crippen molar-refractivity contribution in [3.05, 3.63) is 126 Å². The average Bonchev–Trinajstić information content (AvgIpc) is 3.02. The number of nitro benzene ring substituents is 1. The third kappa shape index (κ3) is 7.29.